The van der Waals surface area contributed by atoms with Gasteiger partial charge in [-0.15, -0.1) is 0 Å². The summed E-state index contributed by atoms with van der Waals surface area (Å²) in [6, 6.07) is 9.52. The zero-order valence-corrected chi connectivity index (χ0v) is 12.3. The molecule has 20 heavy (non-hydrogen) atoms. The first-order valence-corrected chi connectivity index (χ1v) is 6.64. The topological polar surface area (TPSA) is 67.2 Å². The molecule has 0 bridgehead atoms. The van der Waals surface area contributed by atoms with Crippen LogP contribution >= 0.6 is 15.9 Å². The number of carbonyl (C=O) groups excluding carboxylic acids is 1. The van der Waals surface area contributed by atoms with E-state index in [0.717, 1.165) is 0 Å². The lowest BCUT2D eigenvalue weighted by Gasteiger charge is -2.11. The molecule has 4 nitrogen and oxygen atoms in total. The van der Waals surface area contributed by atoms with Crippen molar-refractivity contribution in [2.75, 3.05) is 18.1 Å². The highest BCUT2D eigenvalue weighted by Gasteiger charge is 2.07. The summed E-state index contributed by atoms with van der Waals surface area (Å²) in [5, 5.41) is 5.60. The molecule has 0 fully saturated rings. The van der Waals surface area contributed by atoms with Gasteiger partial charge in [0.2, 0.25) is 0 Å². The number of amides is 1. The van der Waals surface area contributed by atoms with E-state index in [-0.39, 0.29) is 11.7 Å². The van der Waals surface area contributed by atoms with Gasteiger partial charge in [0, 0.05) is 18.3 Å². The second-order valence-corrected chi connectivity index (χ2v) is 4.99. The van der Waals surface area contributed by atoms with Gasteiger partial charge in [-0.05, 0) is 52.3 Å². The van der Waals surface area contributed by atoms with Gasteiger partial charge in [-0.3, -0.25) is 4.79 Å². The van der Waals surface area contributed by atoms with E-state index in [1.54, 1.807) is 37.4 Å². The van der Waals surface area contributed by atoms with Crippen LogP contribution in [-0.4, -0.2) is 13.0 Å². The van der Waals surface area contributed by atoms with Gasteiger partial charge >= 0.3 is 0 Å². The van der Waals surface area contributed by atoms with E-state index >= 15 is 0 Å². The Morgan fingerprint density at radius 1 is 1.25 bits per heavy atom. The molecule has 0 saturated carbocycles. The molecule has 2 rings (SSSR count). The van der Waals surface area contributed by atoms with Crippen molar-refractivity contribution in [3.8, 4) is 0 Å². The molecule has 2 aromatic rings. The molecule has 1 amide bonds. The summed E-state index contributed by atoms with van der Waals surface area (Å²) in [6.45, 7) is 0. The molecule has 0 radical (unpaired) electrons. The van der Waals surface area contributed by atoms with E-state index in [2.05, 4.69) is 26.6 Å². The van der Waals surface area contributed by atoms with E-state index < -0.39 is 0 Å². The number of nitrogen functional groups attached to an aromatic ring is 1. The average molecular weight is 338 g/mol. The summed E-state index contributed by atoms with van der Waals surface area (Å²) in [5.74, 6) is -0.536. The number of hydrogen-bond acceptors (Lipinski definition) is 3. The van der Waals surface area contributed by atoms with Gasteiger partial charge in [0.05, 0.1) is 15.8 Å². The van der Waals surface area contributed by atoms with Crippen molar-refractivity contribution in [3.63, 3.8) is 0 Å². The van der Waals surface area contributed by atoms with Crippen LogP contribution in [0.15, 0.2) is 40.9 Å². The van der Waals surface area contributed by atoms with Crippen LogP contribution in [0.4, 0.5) is 21.5 Å². The van der Waals surface area contributed by atoms with Gasteiger partial charge in [-0.25, -0.2) is 4.39 Å². The predicted molar refractivity (Wildman–Crippen MR) is 81.6 cm³/mol. The van der Waals surface area contributed by atoms with Crippen LogP contribution in [0.5, 0.6) is 0 Å². The molecule has 0 unspecified atom stereocenters. The molecule has 0 saturated heterocycles. The molecule has 0 aliphatic rings. The second-order valence-electron chi connectivity index (χ2n) is 4.14. The lowest BCUT2D eigenvalue weighted by Crippen LogP contribution is -2.17. The summed E-state index contributed by atoms with van der Waals surface area (Å²) >= 11 is 3.12. The second kappa shape index (κ2) is 5.92. The molecular weight excluding hydrogens is 325 g/mol. The summed E-state index contributed by atoms with van der Waals surface area (Å²) < 4.78 is 13.5. The van der Waals surface area contributed by atoms with Crippen LogP contribution < -0.4 is 16.4 Å². The standard InChI is InChI=1S/C14H13BrFN3O/c1-18-14(20)8-2-5-13(12(17)6-8)19-9-3-4-11(16)10(15)7-9/h2-7,19H,17H2,1H3,(H,18,20). The van der Waals surface area contributed by atoms with E-state index in [1.807, 2.05) is 0 Å². The van der Waals surface area contributed by atoms with Crippen LogP contribution in [0, 0.1) is 5.82 Å². The zero-order valence-electron chi connectivity index (χ0n) is 10.7. The number of hydrogen-bond donors (Lipinski definition) is 3. The average Bonchev–Trinajstić information content (AvgIpc) is 2.44. The Balaban J connectivity index is 2.25. The fourth-order valence-corrected chi connectivity index (χ4v) is 2.07. The van der Waals surface area contributed by atoms with Crippen molar-refractivity contribution in [3.05, 3.63) is 52.3 Å². The molecule has 0 heterocycles. The number of nitrogens with two attached hydrogens (primary N) is 1. The van der Waals surface area contributed by atoms with Gasteiger partial charge in [0.15, 0.2) is 0 Å². The number of nitrogens with one attached hydrogen (secondary N) is 2. The SMILES string of the molecule is CNC(=O)c1ccc(Nc2ccc(F)c(Br)c2)c(N)c1. The van der Waals surface area contributed by atoms with Gasteiger partial charge in [-0.2, -0.15) is 0 Å². The number of halogens is 2. The van der Waals surface area contributed by atoms with Gasteiger partial charge in [0.25, 0.3) is 5.91 Å². The Bertz CT molecular complexity index is 661. The van der Waals surface area contributed by atoms with Gasteiger partial charge < -0.3 is 16.4 Å². The van der Waals surface area contributed by atoms with Gasteiger partial charge in [0.1, 0.15) is 5.82 Å². The third kappa shape index (κ3) is 3.08. The molecule has 0 aromatic heterocycles. The van der Waals surface area contributed by atoms with Crippen molar-refractivity contribution in [2.45, 2.75) is 0 Å². The van der Waals surface area contributed by atoms with Crippen molar-refractivity contribution >= 4 is 38.9 Å². The summed E-state index contributed by atoms with van der Waals surface area (Å²) in [7, 11) is 1.56. The van der Waals surface area contributed by atoms with Crippen molar-refractivity contribution in [1.82, 2.24) is 5.32 Å². The van der Waals surface area contributed by atoms with Crippen LogP contribution in [-0.2, 0) is 0 Å². The minimum absolute atomic E-state index is 0.201. The number of carbonyl (C=O) groups is 1. The predicted octanol–water partition coefficient (Wildman–Crippen LogP) is 3.27. The highest BCUT2D eigenvalue weighted by atomic mass is 79.9. The maximum Gasteiger partial charge on any atom is 0.251 e. The summed E-state index contributed by atoms with van der Waals surface area (Å²) in [4.78, 5) is 11.5. The monoisotopic (exact) mass is 337 g/mol. The third-order valence-electron chi connectivity index (χ3n) is 2.74. The fraction of sp³-hybridized carbons (Fsp3) is 0.0714. The Hall–Kier alpha value is -2.08. The van der Waals surface area contributed by atoms with E-state index in [9.17, 15) is 9.18 Å². The molecular formula is C14H13BrFN3O. The lowest BCUT2D eigenvalue weighted by atomic mass is 10.1. The molecule has 6 heteroatoms. The first-order valence-electron chi connectivity index (χ1n) is 5.85. The first-order chi connectivity index (χ1) is 9.51. The quantitative estimate of drug-likeness (QED) is 0.753. The minimum atomic E-state index is -0.335. The number of benzene rings is 2. The summed E-state index contributed by atoms with van der Waals surface area (Å²) in [6.07, 6.45) is 0. The van der Waals surface area contributed by atoms with Crippen LogP contribution in [0.2, 0.25) is 0 Å². The fourth-order valence-electron chi connectivity index (χ4n) is 1.69. The Kier molecular flexibility index (Phi) is 4.24. The smallest absolute Gasteiger partial charge is 0.251 e. The van der Waals surface area contributed by atoms with Crippen molar-refractivity contribution < 1.29 is 9.18 Å². The zero-order chi connectivity index (χ0) is 14.7. The van der Waals surface area contributed by atoms with Gasteiger partial charge in [-0.1, -0.05) is 0 Å². The van der Waals surface area contributed by atoms with E-state index in [4.69, 9.17) is 5.73 Å². The Morgan fingerprint density at radius 3 is 2.60 bits per heavy atom. The maximum atomic E-state index is 13.2. The summed E-state index contributed by atoms with van der Waals surface area (Å²) in [5.41, 5.74) is 8.16. The largest absolute Gasteiger partial charge is 0.397 e. The number of rotatable bonds is 3. The molecule has 104 valence electrons. The molecule has 0 aliphatic carbocycles. The first kappa shape index (κ1) is 14.3. The molecule has 2 aromatic carbocycles. The van der Waals surface area contributed by atoms with E-state index in [1.165, 1.54) is 6.07 Å². The molecule has 0 spiro atoms. The Labute approximate surface area is 124 Å². The van der Waals surface area contributed by atoms with Crippen molar-refractivity contribution in [1.29, 1.82) is 0 Å². The van der Waals surface area contributed by atoms with E-state index in [0.29, 0.717) is 27.1 Å². The van der Waals surface area contributed by atoms with Crippen LogP contribution in [0.1, 0.15) is 10.4 Å². The lowest BCUT2D eigenvalue weighted by molar-refractivity contribution is 0.0963. The molecule has 4 N–H and O–H groups in total. The number of anilines is 3. The highest BCUT2D eigenvalue weighted by molar-refractivity contribution is 9.10. The normalized spacial score (nSPS) is 10.2. The Morgan fingerprint density at radius 2 is 2.00 bits per heavy atom. The van der Waals surface area contributed by atoms with Crippen molar-refractivity contribution in [2.24, 2.45) is 0 Å². The van der Waals surface area contributed by atoms with Crippen LogP contribution in [0.3, 0.4) is 0 Å². The highest BCUT2D eigenvalue weighted by Crippen LogP contribution is 2.27. The third-order valence-corrected chi connectivity index (χ3v) is 3.35. The minimum Gasteiger partial charge on any atom is -0.397 e. The molecule has 0 atom stereocenters. The molecule has 0 aliphatic heterocycles. The van der Waals surface area contributed by atoms with Crippen LogP contribution in [0.25, 0.3) is 0 Å². The maximum absolute atomic E-state index is 13.2.